The number of benzene rings is 1. The number of amides is 1. The van der Waals surface area contributed by atoms with Crippen molar-refractivity contribution in [1.29, 1.82) is 0 Å². The molecule has 1 aromatic rings. The van der Waals surface area contributed by atoms with Crippen molar-refractivity contribution in [2.24, 2.45) is 0 Å². The van der Waals surface area contributed by atoms with Crippen molar-refractivity contribution in [1.82, 2.24) is 5.32 Å². The van der Waals surface area contributed by atoms with Gasteiger partial charge in [-0.1, -0.05) is 30.3 Å². The third-order valence-electron chi connectivity index (χ3n) is 2.37. The van der Waals surface area contributed by atoms with Crippen LogP contribution in [0.2, 0.25) is 0 Å². The topological polar surface area (TPSA) is 55.4 Å². The first-order valence-electron chi connectivity index (χ1n) is 5.49. The van der Waals surface area contributed by atoms with Crippen LogP contribution in [0.25, 0.3) is 0 Å². The Balaban J connectivity index is 2.63. The number of rotatable bonds is 5. The fourth-order valence-corrected chi connectivity index (χ4v) is 1.65. The molecule has 0 aromatic heterocycles. The number of nitrogens with one attached hydrogen (secondary N) is 1. The van der Waals surface area contributed by atoms with Gasteiger partial charge in [0.1, 0.15) is 5.78 Å². The highest BCUT2D eigenvalue weighted by Gasteiger charge is 2.15. The Morgan fingerprint density at radius 1 is 1.29 bits per heavy atom. The third-order valence-corrected chi connectivity index (χ3v) is 2.37. The molecule has 0 heterocycles. The molecule has 1 N–H and O–H groups in total. The molecule has 0 saturated carbocycles. The highest BCUT2D eigenvalue weighted by Crippen LogP contribution is 2.06. The molecular weight excluding hydrogens is 218 g/mol. The van der Waals surface area contributed by atoms with E-state index in [1.54, 1.807) is 0 Å². The van der Waals surface area contributed by atoms with E-state index in [0.717, 1.165) is 5.56 Å². The van der Waals surface area contributed by atoms with Gasteiger partial charge in [-0.05, 0) is 18.9 Å². The quantitative estimate of drug-likeness (QED) is 0.848. The molecule has 0 unspecified atom stereocenters. The number of hydrogen-bond donors (Lipinski definition) is 1. The maximum absolute atomic E-state index is 11.1. The molecule has 0 fully saturated rings. The van der Waals surface area contributed by atoms with Crippen molar-refractivity contribution in [3.05, 3.63) is 35.9 Å². The van der Waals surface area contributed by atoms with Crippen LogP contribution in [0.4, 0.5) is 4.79 Å². The Morgan fingerprint density at radius 3 is 2.47 bits per heavy atom. The van der Waals surface area contributed by atoms with Crippen LogP contribution in [0.5, 0.6) is 0 Å². The van der Waals surface area contributed by atoms with Crippen molar-refractivity contribution in [3.63, 3.8) is 0 Å². The van der Waals surface area contributed by atoms with E-state index < -0.39 is 6.09 Å². The lowest BCUT2D eigenvalue weighted by atomic mass is 10.0. The van der Waals surface area contributed by atoms with Crippen LogP contribution in [-0.4, -0.2) is 25.0 Å². The van der Waals surface area contributed by atoms with Crippen LogP contribution in [0.3, 0.4) is 0 Å². The largest absolute Gasteiger partial charge is 0.453 e. The lowest BCUT2D eigenvalue weighted by Gasteiger charge is -2.16. The van der Waals surface area contributed by atoms with Gasteiger partial charge in [0.25, 0.3) is 0 Å². The second-order valence-electron chi connectivity index (χ2n) is 3.93. The smallest absolute Gasteiger partial charge is 0.407 e. The second kappa shape index (κ2) is 6.68. The fraction of sp³-hybridized carbons (Fsp3) is 0.385. The van der Waals surface area contributed by atoms with Gasteiger partial charge >= 0.3 is 6.09 Å². The van der Waals surface area contributed by atoms with Crippen molar-refractivity contribution < 1.29 is 14.3 Å². The summed E-state index contributed by atoms with van der Waals surface area (Å²) in [5.74, 6) is 0.0438. The van der Waals surface area contributed by atoms with Crippen LogP contribution in [0, 0.1) is 0 Å². The van der Waals surface area contributed by atoms with Gasteiger partial charge in [-0.15, -0.1) is 0 Å². The number of methoxy groups -OCH3 is 1. The average Bonchev–Trinajstić information content (AvgIpc) is 2.29. The van der Waals surface area contributed by atoms with E-state index in [1.807, 2.05) is 30.3 Å². The molecule has 1 aromatic carbocycles. The Hall–Kier alpha value is -1.84. The number of carbonyl (C=O) groups is 2. The molecule has 0 aliphatic carbocycles. The Kier molecular flexibility index (Phi) is 5.20. The van der Waals surface area contributed by atoms with Crippen LogP contribution in [-0.2, 0) is 16.0 Å². The minimum absolute atomic E-state index is 0.0438. The van der Waals surface area contributed by atoms with E-state index >= 15 is 0 Å². The molecule has 0 bridgehead atoms. The molecule has 0 spiro atoms. The predicted octanol–water partition coefficient (Wildman–Crippen LogP) is 1.93. The van der Waals surface area contributed by atoms with Crippen molar-refractivity contribution in [2.45, 2.75) is 25.8 Å². The number of carbonyl (C=O) groups excluding carboxylic acids is 2. The normalized spacial score (nSPS) is 11.6. The third kappa shape index (κ3) is 5.15. The number of hydrogen-bond acceptors (Lipinski definition) is 3. The lowest BCUT2D eigenvalue weighted by Crippen LogP contribution is -2.37. The molecule has 0 radical (unpaired) electrons. The van der Waals surface area contributed by atoms with Crippen molar-refractivity contribution in [3.8, 4) is 0 Å². The monoisotopic (exact) mass is 235 g/mol. The number of ether oxygens (including phenoxy) is 1. The van der Waals surface area contributed by atoms with E-state index in [1.165, 1.54) is 14.0 Å². The number of ketones is 1. The predicted molar refractivity (Wildman–Crippen MR) is 64.8 cm³/mol. The first-order chi connectivity index (χ1) is 8.11. The van der Waals surface area contributed by atoms with Gasteiger partial charge in [0.05, 0.1) is 7.11 Å². The van der Waals surface area contributed by atoms with E-state index in [0.29, 0.717) is 12.8 Å². The molecule has 0 aliphatic heterocycles. The average molecular weight is 235 g/mol. The second-order valence-corrected chi connectivity index (χ2v) is 3.93. The van der Waals surface area contributed by atoms with Gasteiger partial charge in [0, 0.05) is 12.5 Å². The first-order valence-corrected chi connectivity index (χ1v) is 5.49. The zero-order valence-electron chi connectivity index (χ0n) is 10.1. The van der Waals surface area contributed by atoms with Crippen LogP contribution in [0.15, 0.2) is 30.3 Å². The standard InChI is InChI=1S/C13H17NO3/c1-10(15)8-12(14-13(16)17-2)9-11-6-4-3-5-7-11/h3-7,12H,8-9H2,1-2H3,(H,14,16)/t12-/m1/s1. The summed E-state index contributed by atoms with van der Waals surface area (Å²) in [5, 5.41) is 2.66. The van der Waals surface area contributed by atoms with E-state index in [4.69, 9.17) is 0 Å². The first kappa shape index (κ1) is 13.2. The molecule has 4 nitrogen and oxygen atoms in total. The summed E-state index contributed by atoms with van der Waals surface area (Å²) >= 11 is 0. The zero-order chi connectivity index (χ0) is 12.7. The highest BCUT2D eigenvalue weighted by atomic mass is 16.5. The van der Waals surface area contributed by atoms with Gasteiger partial charge < -0.3 is 10.1 Å². The zero-order valence-corrected chi connectivity index (χ0v) is 10.1. The minimum atomic E-state index is -0.507. The molecule has 4 heteroatoms. The Bertz CT molecular complexity index is 376. The molecule has 0 aliphatic rings. The fourth-order valence-electron chi connectivity index (χ4n) is 1.65. The lowest BCUT2D eigenvalue weighted by molar-refractivity contribution is -0.117. The van der Waals surface area contributed by atoms with Crippen LogP contribution < -0.4 is 5.32 Å². The molecule has 1 atom stereocenters. The van der Waals surface area contributed by atoms with Gasteiger partial charge in [-0.3, -0.25) is 4.79 Å². The summed E-state index contributed by atoms with van der Waals surface area (Å²) in [6.07, 6.45) is 0.423. The molecule has 1 amide bonds. The molecule has 1 rings (SSSR count). The summed E-state index contributed by atoms with van der Waals surface area (Å²) in [6, 6.07) is 9.49. The summed E-state index contributed by atoms with van der Waals surface area (Å²) < 4.78 is 4.54. The van der Waals surface area contributed by atoms with Gasteiger partial charge in [-0.2, -0.15) is 0 Å². The maximum atomic E-state index is 11.1. The number of alkyl carbamates (subject to hydrolysis) is 1. The molecular formula is C13H17NO3. The summed E-state index contributed by atoms with van der Waals surface area (Å²) in [4.78, 5) is 22.3. The SMILES string of the molecule is COC(=O)N[C@H](CC(C)=O)Cc1ccccc1. The van der Waals surface area contributed by atoms with Gasteiger partial charge in [-0.25, -0.2) is 4.79 Å². The van der Waals surface area contributed by atoms with Crippen molar-refractivity contribution in [2.75, 3.05) is 7.11 Å². The van der Waals surface area contributed by atoms with E-state index in [2.05, 4.69) is 10.1 Å². The maximum Gasteiger partial charge on any atom is 0.407 e. The molecule has 92 valence electrons. The van der Waals surface area contributed by atoms with Crippen molar-refractivity contribution >= 4 is 11.9 Å². The van der Waals surface area contributed by atoms with E-state index in [-0.39, 0.29) is 11.8 Å². The Morgan fingerprint density at radius 2 is 1.94 bits per heavy atom. The minimum Gasteiger partial charge on any atom is -0.453 e. The summed E-state index contributed by atoms with van der Waals surface area (Å²) in [7, 11) is 1.31. The van der Waals surface area contributed by atoms with E-state index in [9.17, 15) is 9.59 Å². The van der Waals surface area contributed by atoms with Crippen LogP contribution >= 0.6 is 0 Å². The summed E-state index contributed by atoms with van der Waals surface area (Å²) in [5.41, 5.74) is 1.08. The van der Waals surface area contributed by atoms with Gasteiger partial charge in [0.15, 0.2) is 0 Å². The molecule has 17 heavy (non-hydrogen) atoms. The van der Waals surface area contributed by atoms with Gasteiger partial charge in [0.2, 0.25) is 0 Å². The Labute approximate surface area is 101 Å². The van der Waals surface area contributed by atoms with Crippen LogP contribution in [0.1, 0.15) is 18.9 Å². The summed E-state index contributed by atoms with van der Waals surface area (Å²) in [6.45, 7) is 1.51. The molecule has 0 saturated heterocycles. The highest BCUT2D eigenvalue weighted by molar-refractivity contribution is 5.77. The number of Topliss-reactive ketones (excluding diaryl/α,β-unsaturated/α-hetero) is 1.